The number of hydrogen-bond donors (Lipinski definition) is 2. The average molecular weight is 196 g/mol. The van der Waals surface area contributed by atoms with Crippen molar-refractivity contribution >= 4 is 0 Å². The van der Waals surface area contributed by atoms with Gasteiger partial charge in [0.1, 0.15) is 5.82 Å². The predicted molar refractivity (Wildman–Crippen MR) is 56.7 cm³/mol. The molecule has 78 valence electrons. The van der Waals surface area contributed by atoms with Gasteiger partial charge in [0.05, 0.1) is 0 Å². The van der Waals surface area contributed by atoms with Crippen molar-refractivity contribution in [3.63, 3.8) is 0 Å². The fourth-order valence-electron chi connectivity index (χ4n) is 1.55. The second kappa shape index (κ2) is 5.08. The summed E-state index contributed by atoms with van der Waals surface area (Å²) in [5, 5.41) is 0. The van der Waals surface area contributed by atoms with Crippen LogP contribution in [0.3, 0.4) is 0 Å². The minimum atomic E-state index is -0.162. The lowest BCUT2D eigenvalue weighted by Gasteiger charge is -2.08. The van der Waals surface area contributed by atoms with Crippen molar-refractivity contribution in [3.05, 3.63) is 34.6 Å². The highest BCUT2D eigenvalue weighted by Crippen LogP contribution is 2.16. The highest BCUT2D eigenvalue weighted by molar-refractivity contribution is 5.32. The zero-order valence-corrected chi connectivity index (χ0v) is 8.52. The van der Waals surface area contributed by atoms with Gasteiger partial charge < -0.3 is 11.5 Å². The van der Waals surface area contributed by atoms with Crippen LogP contribution >= 0.6 is 0 Å². The summed E-state index contributed by atoms with van der Waals surface area (Å²) >= 11 is 0. The maximum absolute atomic E-state index is 13.4. The summed E-state index contributed by atoms with van der Waals surface area (Å²) < 4.78 is 13.4. The van der Waals surface area contributed by atoms with Gasteiger partial charge in [0.2, 0.25) is 0 Å². The minimum absolute atomic E-state index is 0.162. The van der Waals surface area contributed by atoms with Crippen LogP contribution in [0.4, 0.5) is 4.39 Å². The third-order valence-electron chi connectivity index (χ3n) is 2.33. The van der Waals surface area contributed by atoms with Gasteiger partial charge in [-0.2, -0.15) is 0 Å². The van der Waals surface area contributed by atoms with E-state index in [1.165, 1.54) is 0 Å². The molecule has 0 radical (unpaired) electrons. The minimum Gasteiger partial charge on any atom is -0.330 e. The third-order valence-corrected chi connectivity index (χ3v) is 2.33. The summed E-state index contributed by atoms with van der Waals surface area (Å²) in [6.45, 7) is 3.01. The SMILES string of the molecule is Cc1cc(CCN)c(F)cc1CCN. The number of rotatable bonds is 4. The monoisotopic (exact) mass is 196 g/mol. The van der Waals surface area contributed by atoms with Crippen LogP contribution < -0.4 is 11.5 Å². The molecule has 4 N–H and O–H groups in total. The van der Waals surface area contributed by atoms with E-state index in [1.54, 1.807) is 6.07 Å². The molecule has 14 heavy (non-hydrogen) atoms. The molecule has 0 fully saturated rings. The molecule has 0 spiro atoms. The van der Waals surface area contributed by atoms with E-state index in [9.17, 15) is 4.39 Å². The van der Waals surface area contributed by atoms with Crippen molar-refractivity contribution in [1.29, 1.82) is 0 Å². The quantitative estimate of drug-likeness (QED) is 0.758. The molecule has 1 aromatic carbocycles. The van der Waals surface area contributed by atoms with Gasteiger partial charge in [0, 0.05) is 0 Å². The van der Waals surface area contributed by atoms with Crippen LogP contribution in [-0.4, -0.2) is 13.1 Å². The largest absolute Gasteiger partial charge is 0.330 e. The molecule has 0 aliphatic carbocycles. The molecule has 0 aromatic heterocycles. The summed E-state index contributed by atoms with van der Waals surface area (Å²) in [5.74, 6) is -0.162. The summed E-state index contributed by atoms with van der Waals surface area (Å²) in [5.41, 5.74) is 13.6. The van der Waals surface area contributed by atoms with E-state index in [0.717, 1.165) is 17.5 Å². The van der Waals surface area contributed by atoms with E-state index in [2.05, 4.69) is 0 Å². The normalized spacial score (nSPS) is 10.6. The van der Waals surface area contributed by atoms with Crippen molar-refractivity contribution in [2.24, 2.45) is 11.5 Å². The Balaban J connectivity index is 2.97. The van der Waals surface area contributed by atoms with E-state index in [1.807, 2.05) is 13.0 Å². The topological polar surface area (TPSA) is 52.0 Å². The summed E-state index contributed by atoms with van der Waals surface area (Å²) in [4.78, 5) is 0. The molecule has 0 atom stereocenters. The van der Waals surface area contributed by atoms with Gasteiger partial charge in [-0.1, -0.05) is 6.07 Å². The summed E-state index contributed by atoms with van der Waals surface area (Å²) in [7, 11) is 0. The molecular formula is C11H17FN2. The van der Waals surface area contributed by atoms with Crippen LogP contribution in [0.1, 0.15) is 16.7 Å². The molecule has 0 aliphatic heterocycles. The maximum Gasteiger partial charge on any atom is 0.126 e. The Morgan fingerprint density at radius 2 is 1.64 bits per heavy atom. The van der Waals surface area contributed by atoms with E-state index in [-0.39, 0.29) is 5.82 Å². The molecule has 0 saturated heterocycles. The Morgan fingerprint density at radius 3 is 2.21 bits per heavy atom. The van der Waals surface area contributed by atoms with Crippen molar-refractivity contribution < 1.29 is 4.39 Å². The smallest absolute Gasteiger partial charge is 0.126 e. The predicted octanol–water partition coefficient (Wildman–Crippen LogP) is 1.14. The Morgan fingerprint density at radius 1 is 1.07 bits per heavy atom. The first-order chi connectivity index (χ1) is 6.69. The number of halogens is 1. The number of benzene rings is 1. The van der Waals surface area contributed by atoms with Crippen molar-refractivity contribution in [2.75, 3.05) is 13.1 Å². The molecular weight excluding hydrogens is 179 g/mol. The van der Waals surface area contributed by atoms with E-state index < -0.39 is 0 Å². The number of hydrogen-bond acceptors (Lipinski definition) is 2. The van der Waals surface area contributed by atoms with E-state index in [4.69, 9.17) is 11.5 Å². The molecule has 0 bridgehead atoms. The Hall–Kier alpha value is -0.930. The Labute approximate surface area is 84.1 Å². The molecule has 1 aromatic rings. The lowest BCUT2D eigenvalue weighted by atomic mass is 10.0. The molecule has 2 nitrogen and oxygen atoms in total. The van der Waals surface area contributed by atoms with Gasteiger partial charge in [-0.3, -0.25) is 0 Å². The fourth-order valence-corrected chi connectivity index (χ4v) is 1.55. The van der Waals surface area contributed by atoms with Crippen LogP contribution in [0.15, 0.2) is 12.1 Å². The van der Waals surface area contributed by atoms with Crippen molar-refractivity contribution in [3.8, 4) is 0 Å². The van der Waals surface area contributed by atoms with E-state index in [0.29, 0.717) is 25.1 Å². The van der Waals surface area contributed by atoms with Crippen molar-refractivity contribution in [1.82, 2.24) is 0 Å². The highest BCUT2D eigenvalue weighted by atomic mass is 19.1. The van der Waals surface area contributed by atoms with Gasteiger partial charge in [-0.05, 0) is 55.6 Å². The van der Waals surface area contributed by atoms with Crippen LogP contribution in [0.25, 0.3) is 0 Å². The molecule has 0 amide bonds. The summed E-state index contributed by atoms with van der Waals surface area (Å²) in [6.07, 6.45) is 1.32. The molecule has 3 heteroatoms. The maximum atomic E-state index is 13.4. The van der Waals surface area contributed by atoms with Gasteiger partial charge >= 0.3 is 0 Å². The Kier molecular flexibility index (Phi) is 4.04. The van der Waals surface area contributed by atoms with Gasteiger partial charge in [0.15, 0.2) is 0 Å². The first-order valence-corrected chi connectivity index (χ1v) is 4.87. The van der Waals surface area contributed by atoms with Crippen LogP contribution in [0.5, 0.6) is 0 Å². The number of nitrogens with two attached hydrogens (primary N) is 2. The second-order valence-electron chi connectivity index (χ2n) is 3.45. The standard InChI is InChI=1S/C11H17FN2/c1-8-6-10(3-5-14)11(12)7-9(8)2-4-13/h6-7H,2-5,13-14H2,1H3. The second-order valence-corrected chi connectivity index (χ2v) is 3.45. The Bertz CT molecular complexity index is 279. The average Bonchev–Trinajstić information content (AvgIpc) is 2.14. The fraction of sp³-hybridized carbons (Fsp3) is 0.455. The van der Waals surface area contributed by atoms with E-state index >= 15 is 0 Å². The summed E-state index contributed by atoms with van der Waals surface area (Å²) in [6, 6.07) is 3.44. The van der Waals surface area contributed by atoms with Crippen LogP contribution in [0.2, 0.25) is 0 Å². The van der Waals surface area contributed by atoms with Crippen LogP contribution in [-0.2, 0) is 12.8 Å². The molecule has 0 saturated carbocycles. The first-order valence-electron chi connectivity index (χ1n) is 4.87. The van der Waals surface area contributed by atoms with Crippen molar-refractivity contribution in [2.45, 2.75) is 19.8 Å². The first kappa shape index (κ1) is 11.1. The third kappa shape index (κ3) is 2.53. The molecule has 0 unspecified atom stereocenters. The zero-order valence-electron chi connectivity index (χ0n) is 8.52. The van der Waals surface area contributed by atoms with Gasteiger partial charge in [-0.15, -0.1) is 0 Å². The lowest BCUT2D eigenvalue weighted by molar-refractivity contribution is 0.606. The van der Waals surface area contributed by atoms with Gasteiger partial charge in [0.25, 0.3) is 0 Å². The number of aryl methyl sites for hydroxylation is 1. The highest BCUT2D eigenvalue weighted by Gasteiger charge is 2.05. The lowest BCUT2D eigenvalue weighted by Crippen LogP contribution is -2.08. The molecule has 1 rings (SSSR count). The molecule has 0 heterocycles. The van der Waals surface area contributed by atoms with Crippen LogP contribution in [0, 0.1) is 12.7 Å². The van der Waals surface area contributed by atoms with Gasteiger partial charge in [-0.25, -0.2) is 4.39 Å². The zero-order chi connectivity index (χ0) is 10.6. The molecule has 0 aliphatic rings.